The zero-order chi connectivity index (χ0) is 15.8. The Morgan fingerprint density at radius 1 is 1.30 bits per heavy atom. The molecular formula is C17H27ClN2O3. The van der Waals surface area contributed by atoms with Gasteiger partial charge in [-0.2, -0.15) is 0 Å². The summed E-state index contributed by atoms with van der Waals surface area (Å²) in [6, 6.07) is 7.68. The summed E-state index contributed by atoms with van der Waals surface area (Å²) in [5.41, 5.74) is 6.40. The minimum Gasteiger partial charge on any atom is -0.496 e. The van der Waals surface area contributed by atoms with Crippen LogP contribution < -0.4 is 10.5 Å². The molecule has 1 aromatic carbocycles. The highest BCUT2D eigenvalue weighted by atomic mass is 35.5. The number of methoxy groups -OCH3 is 1. The maximum absolute atomic E-state index is 12.4. The standard InChI is InChI=1S/C17H26N2O3.ClH/c1-21-16-6-3-2-5-14(16)13-17(20)19-10-7-15(8-11-19)22-12-4-9-18;/h2-3,5-6,15H,4,7-13,18H2,1H3;1H. The molecule has 0 aliphatic carbocycles. The van der Waals surface area contributed by atoms with E-state index in [0.717, 1.165) is 50.3 Å². The van der Waals surface area contributed by atoms with Gasteiger partial charge in [0.15, 0.2) is 0 Å². The van der Waals surface area contributed by atoms with Crippen molar-refractivity contribution >= 4 is 18.3 Å². The number of nitrogens with zero attached hydrogens (tertiary/aromatic N) is 1. The molecule has 0 radical (unpaired) electrons. The molecule has 1 amide bonds. The van der Waals surface area contributed by atoms with E-state index in [2.05, 4.69) is 0 Å². The number of carbonyl (C=O) groups is 1. The lowest BCUT2D eigenvalue weighted by Gasteiger charge is -2.32. The second-order valence-electron chi connectivity index (χ2n) is 5.58. The summed E-state index contributed by atoms with van der Waals surface area (Å²) in [5.74, 6) is 0.931. The summed E-state index contributed by atoms with van der Waals surface area (Å²) in [4.78, 5) is 14.3. The summed E-state index contributed by atoms with van der Waals surface area (Å²) in [5, 5.41) is 0. The van der Waals surface area contributed by atoms with Crippen molar-refractivity contribution in [3.8, 4) is 5.75 Å². The lowest BCUT2D eigenvalue weighted by atomic mass is 10.1. The molecule has 23 heavy (non-hydrogen) atoms. The summed E-state index contributed by atoms with van der Waals surface area (Å²) in [6.07, 6.45) is 3.36. The number of likely N-dealkylation sites (tertiary alicyclic amines) is 1. The fraction of sp³-hybridized carbons (Fsp3) is 0.588. The van der Waals surface area contributed by atoms with Crippen LogP contribution in [0.1, 0.15) is 24.8 Å². The van der Waals surface area contributed by atoms with Crippen LogP contribution in [-0.4, -0.2) is 50.3 Å². The first kappa shape index (κ1) is 19.7. The average Bonchev–Trinajstić information content (AvgIpc) is 2.56. The highest BCUT2D eigenvalue weighted by Gasteiger charge is 2.23. The van der Waals surface area contributed by atoms with Crippen LogP contribution in [0.4, 0.5) is 0 Å². The smallest absolute Gasteiger partial charge is 0.227 e. The Labute approximate surface area is 144 Å². The van der Waals surface area contributed by atoms with Crippen LogP contribution in [0.15, 0.2) is 24.3 Å². The van der Waals surface area contributed by atoms with Crippen molar-refractivity contribution in [2.75, 3.05) is 33.4 Å². The Morgan fingerprint density at radius 3 is 2.65 bits per heavy atom. The maximum atomic E-state index is 12.4. The van der Waals surface area contributed by atoms with Gasteiger partial charge in [-0.25, -0.2) is 0 Å². The Hall–Kier alpha value is -1.30. The number of benzene rings is 1. The van der Waals surface area contributed by atoms with E-state index in [-0.39, 0.29) is 24.4 Å². The van der Waals surface area contributed by atoms with E-state index in [1.807, 2.05) is 29.2 Å². The number of carbonyl (C=O) groups excluding carboxylic acids is 1. The molecule has 5 nitrogen and oxygen atoms in total. The number of amides is 1. The lowest BCUT2D eigenvalue weighted by Crippen LogP contribution is -2.41. The first-order chi connectivity index (χ1) is 10.7. The molecule has 0 aromatic heterocycles. The fourth-order valence-corrected chi connectivity index (χ4v) is 2.73. The third-order valence-electron chi connectivity index (χ3n) is 4.03. The Morgan fingerprint density at radius 2 is 2.00 bits per heavy atom. The minimum atomic E-state index is 0. The normalized spacial score (nSPS) is 15.1. The van der Waals surface area contributed by atoms with Gasteiger partial charge in [0.1, 0.15) is 5.75 Å². The van der Waals surface area contributed by atoms with Crippen LogP contribution in [0.25, 0.3) is 0 Å². The van der Waals surface area contributed by atoms with Gasteiger partial charge in [-0.15, -0.1) is 12.4 Å². The minimum absolute atomic E-state index is 0. The number of nitrogens with two attached hydrogens (primary N) is 1. The highest BCUT2D eigenvalue weighted by molar-refractivity contribution is 5.85. The SMILES string of the molecule is COc1ccccc1CC(=O)N1CCC(OCCCN)CC1.Cl. The van der Waals surface area contributed by atoms with Crippen molar-refractivity contribution in [3.63, 3.8) is 0 Å². The van der Waals surface area contributed by atoms with Gasteiger partial charge in [0, 0.05) is 25.3 Å². The molecule has 0 saturated carbocycles. The molecule has 1 aliphatic rings. The summed E-state index contributed by atoms with van der Waals surface area (Å²) in [6.45, 7) is 2.91. The fourth-order valence-electron chi connectivity index (χ4n) is 2.73. The number of ether oxygens (including phenoxy) is 2. The van der Waals surface area contributed by atoms with E-state index in [1.54, 1.807) is 7.11 Å². The second kappa shape index (κ2) is 10.5. The number of rotatable bonds is 7. The predicted octanol–water partition coefficient (Wildman–Crippen LogP) is 2.02. The van der Waals surface area contributed by atoms with Crippen LogP contribution in [-0.2, 0) is 16.0 Å². The molecular weight excluding hydrogens is 316 g/mol. The molecule has 2 N–H and O–H groups in total. The molecule has 1 heterocycles. The molecule has 2 rings (SSSR count). The molecule has 0 atom stereocenters. The zero-order valence-electron chi connectivity index (χ0n) is 13.7. The highest BCUT2D eigenvalue weighted by Crippen LogP contribution is 2.20. The van der Waals surface area contributed by atoms with E-state index < -0.39 is 0 Å². The van der Waals surface area contributed by atoms with E-state index in [4.69, 9.17) is 15.2 Å². The molecule has 1 fully saturated rings. The van der Waals surface area contributed by atoms with Crippen LogP contribution in [0.2, 0.25) is 0 Å². The van der Waals surface area contributed by atoms with Gasteiger partial charge in [-0.1, -0.05) is 18.2 Å². The van der Waals surface area contributed by atoms with Crippen molar-refractivity contribution in [1.29, 1.82) is 0 Å². The number of hydrogen-bond donors (Lipinski definition) is 1. The molecule has 6 heteroatoms. The van der Waals surface area contributed by atoms with Gasteiger partial charge in [0.25, 0.3) is 0 Å². The molecule has 1 saturated heterocycles. The molecule has 0 bridgehead atoms. The molecule has 130 valence electrons. The van der Waals surface area contributed by atoms with Crippen LogP contribution in [0.5, 0.6) is 5.75 Å². The summed E-state index contributed by atoms with van der Waals surface area (Å²) >= 11 is 0. The Balaban J connectivity index is 0.00000264. The summed E-state index contributed by atoms with van der Waals surface area (Å²) in [7, 11) is 1.63. The predicted molar refractivity (Wildman–Crippen MR) is 93.2 cm³/mol. The van der Waals surface area contributed by atoms with Crippen molar-refractivity contribution in [2.45, 2.75) is 31.8 Å². The Kier molecular flexibility index (Phi) is 8.99. The summed E-state index contributed by atoms with van der Waals surface area (Å²) < 4.78 is 11.1. The first-order valence-electron chi connectivity index (χ1n) is 7.96. The first-order valence-corrected chi connectivity index (χ1v) is 7.96. The van der Waals surface area contributed by atoms with Gasteiger partial charge in [-0.3, -0.25) is 4.79 Å². The topological polar surface area (TPSA) is 64.8 Å². The number of halogens is 1. The largest absolute Gasteiger partial charge is 0.496 e. The molecule has 1 aromatic rings. The van der Waals surface area contributed by atoms with E-state index in [0.29, 0.717) is 13.0 Å². The number of para-hydroxylation sites is 1. The van der Waals surface area contributed by atoms with Gasteiger partial charge in [0.2, 0.25) is 5.91 Å². The number of piperidine rings is 1. The second-order valence-corrected chi connectivity index (χ2v) is 5.58. The molecule has 1 aliphatic heterocycles. The van der Waals surface area contributed by atoms with Crippen molar-refractivity contribution < 1.29 is 14.3 Å². The van der Waals surface area contributed by atoms with Crippen LogP contribution >= 0.6 is 12.4 Å². The number of hydrogen-bond acceptors (Lipinski definition) is 4. The maximum Gasteiger partial charge on any atom is 0.227 e. The van der Waals surface area contributed by atoms with E-state index in [1.165, 1.54) is 0 Å². The van der Waals surface area contributed by atoms with Crippen molar-refractivity contribution in [3.05, 3.63) is 29.8 Å². The average molecular weight is 343 g/mol. The Bertz CT molecular complexity index is 477. The van der Waals surface area contributed by atoms with Gasteiger partial charge >= 0.3 is 0 Å². The third kappa shape index (κ3) is 6.01. The van der Waals surface area contributed by atoms with Crippen LogP contribution in [0, 0.1) is 0 Å². The third-order valence-corrected chi connectivity index (χ3v) is 4.03. The van der Waals surface area contributed by atoms with Crippen molar-refractivity contribution in [2.24, 2.45) is 5.73 Å². The van der Waals surface area contributed by atoms with E-state index in [9.17, 15) is 4.79 Å². The lowest BCUT2D eigenvalue weighted by molar-refractivity contribution is -0.133. The van der Waals surface area contributed by atoms with Gasteiger partial charge in [-0.05, 0) is 31.9 Å². The quantitative estimate of drug-likeness (QED) is 0.770. The van der Waals surface area contributed by atoms with Crippen LogP contribution in [0.3, 0.4) is 0 Å². The van der Waals surface area contributed by atoms with Gasteiger partial charge < -0.3 is 20.1 Å². The van der Waals surface area contributed by atoms with Crippen molar-refractivity contribution in [1.82, 2.24) is 4.90 Å². The molecule has 0 spiro atoms. The zero-order valence-corrected chi connectivity index (χ0v) is 14.5. The van der Waals surface area contributed by atoms with E-state index >= 15 is 0 Å². The van der Waals surface area contributed by atoms with Gasteiger partial charge in [0.05, 0.1) is 19.6 Å². The molecule has 0 unspecified atom stereocenters. The monoisotopic (exact) mass is 342 g/mol.